The van der Waals surface area contributed by atoms with Crippen LogP contribution in [-0.4, -0.2) is 14.5 Å². The Kier molecular flexibility index (Phi) is 3.63. The third-order valence-corrected chi connectivity index (χ3v) is 3.87. The molecule has 0 spiro atoms. The van der Waals surface area contributed by atoms with Crippen molar-refractivity contribution in [1.82, 2.24) is 9.38 Å². The molecule has 4 aromatic rings. The topological polar surface area (TPSA) is 46.8 Å². The molecule has 0 aliphatic rings. The van der Waals surface area contributed by atoms with E-state index in [4.69, 9.17) is 4.74 Å². The molecule has 0 radical (unpaired) electrons. The van der Waals surface area contributed by atoms with E-state index in [1.165, 1.54) is 0 Å². The Labute approximate surface area is 139 Å². The smallest absolute Gasteiger partial charge is 0.224 e. The third kappa shape index (κ3) is 2.58. The first-order valence-electron chi connectivity index (χ1n) is 7.75. The van der Waals surface area contributed by atoms with E-state index in [1.54, 1.807) is 10.6 Å². The van der Waals surface area contributed by atoms with Crippen molar-refractivity contribution in [3.8, 4) is 22.9 Å². The van der Waals surface area contributed by atoms with Crippen LogP contribution in [0.4, 0.5) is 0 Å². The molecular formula is C20H16N2O2. The highest BCUT2D eigenvalue weighted by molar-refractivity contribution is 5.71. The zero-order chi connectivity index (χ0) is 16.4. The van der Waals surface area contributed by atoms with Crippen LogP contribution in [0.1, 0.15) is 5.56 Å². The molecule has 0 saturated carbocycles. The molecule has 4 heteroatoms. The summed E-state index contributed by atoms with van der Waals surface area (Å²) >= 11 is 0. The molecule has 0 amide bonds. The molecule has 2 aromatic heterocycles. The van der Waals surface area contributed by atoms with Crippen LogP contribution in [0, 0.1) is 0 Å². The van der Waals surface area contributed by atoms with Gasteiger partial charge in [0.2, 0.25) is 5.88 Å². The van der Waals surface area contributed by atoms with Crippen molar-refractivity contribution in [2.75, 3.05) is 0 Å². The van der Waals surface area contributed by atoms with Crippen LogP contribution in [0.5, 0.6) is 11.6 Å². The Balaban J connectivity index is 1.72. The molecule has 0 aliphatic heterocycles. The van der Waals surface area contributed by atoms with Crippen LogP contribution in [0.25, 0.3) is 16.9 Å². The van der Waals surface area contributed by atoms with Crippen LogP contribution in [0.2, 0.25) is 0 Å². The van der Waals surface area contributed by atoms with Gasteiger partial charge in [0, 0.05) is 11.8 Å². The van der Waals surface area contributed by atoms with Crippen LogP contribution in [0.3, 0.4) is 0 Å². The van der Waals surface area contributed by atoms with E-state index >= 15 is 0 Å². The summed E-state index contributed by atoms with van der Waals surface area (Å²) in [5, 5.41) is 10.5. The van der Waals surface area contributed by atoms with Gasteiger partial charge in [-0.3, -0.25) is 4.40 Å². The second kappa shape index (κ2) is 6.08. The van der Waals surface area contributed by atoms with Crippen molar-refractivity contribution in [2.45, 2.75) is 6.61 Å². The second-order valence-corrected chi connectivity index (χ2v) is 5.49. The highest BCUT2D eigenvalue weighted by atomic mass is 16.5. The largest absolute Gasteiger partial charge is 0.493 e. The van der Waals surface area contributed by atoms with Crippen molar-refractivity contribution in [2.24, 2.45) is 0 Å². The minimum Gasteiger partial charge on any atom is -0.493 e. The van der Waals surface area contributed by atoms with E-state index < -0.39 is 0 Å². The summed E-state index contributed by atoms with van der Waals surface area (Å²) in [5.41, 5.74) is 3.10. The molecule has 1 N–H and O–H groups in total. The third-order valence-electron chi connectivity index (χ3n) is 3.87. The Morgan fingerprint density at radius 2 is 1.58 bits per heavy atom. The van der Waals surface area contributed by atoms with Crippen molar-refractivity contribution in [3.05, 3.63) is 84.6 Å². The summed E-state index contributed by atoms with van der Waals surface area (Å²) < 4.78 is 7.56. The molecule has 4 nitrogen and oxygen atoms in total. The first kappa shape index (κ1) is 14.3. The SMILES string of the molecule is Oc1c(-c2ccccc2)nc2c(OCc3ccccc3)cccn12. The molecule has 0 bridgehead atoms. The van der Waals surface area contributed by atoms with Gasteiger partial charge in [-0.05, 0) is 17.7 Å². The molecule has 0 atom stereocenters. The van der Waals surface area contributed by atoms with Gasteiger partial charge in [0.25, 0.3) is 0 Å². The molecule has 0 unspecified atom stereocenters. The highest BCUT2D eigenvalue weighted by Crippen LogP contribution is 2.32. The standard InChI is InChI=1S/C20H16N2O2/c23-20-18(16-10-5-2-6-11-16)21-19-17(12-7-13-22(19)20)24-14-15-8-3-1-4-9-15/h1-13,23H,14H2. The van der Waals surface area contributed by atoms with Crippen molar-refractivity contribution >= 4 is 5.65 Å². The van der Waals surface area contributed by atoms with Gasteiger partial charge < -0.3 is 9.84 Å². The zero-order valence-electron chi connectivity index (χ0n) is 13.0. The van der Waals surface area contributed by atoms with Gasteiger partial charge >= 0.3 is 0 Å². The number of fused-ring (bicyclic) bond motifs is 1. The maximum atomic E-state index is 10.5. The number of ether oxygens (including phenoxy) is 1. The maximum absolute atomic E-state index is 10.5. The monoisotopic (exact) mass is 316 g/mol. The first-order valence-corrected chi connectivity index (χ1v) is 7.75. The lowest BCUT2D eigenvalue weighted by Crippen LogP contribution is -1.97. The molecule has 2 heterocycles. The fraction of sp³-hybridized carbons (Fsp3) is 0.0500. The van der Waals surface area contributed by atoms with E-state index in [9.17, 15) is 5.11 Å². The van der Waals surface area contributed by atoms with Crippen LogP contribution < -0.4 is 4.74 Å². The van der Waals surface area contributed by atoms with Gasteiger partial charge in [0.15, 0.2) is 11.4 Å². The number of nitrogens with zero attached hydrogens (tertiary/aromatic N) is 2. The highest BCUT2D eigenvalue weighted by Gasteiger charge is 2.15. The van der Waals surface area contributed by atoms with E-state index in [2.05, 4.69) is 4.98 Å². The summed E-state index contributed by atoms with van der Waals surface area (Å²) in [4.78, 5) is 4.58. The molecule has 0 saturated heterocycles. The predicted octanol–water partition coefficient (Wildman–Crippen LogP) is 4.29. The minimum absolute atomic E-state index is 0.112. The lowest BCUT2D eigenvalue weighted by Gasteiger charge is -2.07. The van der Waals surface area contributed by atoms with Gasteiger partial charge in [-0.25, -0.2) is 4.98 Å². The van der Waals surface area contributed by atoms with E-state index in [0.717, 1.165) is 11.1 Å². The summed E-state index contributed by atoms with van der Waals surface area (Å²) in [6, 6.07) is 23.3. The molecule has 4 rings (SSSR count). The van der Waals surface area contributed by atoms with E-state index in [1.807, 2.05) is 72.8 Å². The maximum Gasteiger partial charge on any atom is 0.224 e. The summed E-state index contributed by atoms with van der Waals surface area (Å²) in [5.74, 6) is 0.750. The average molecular weight is 316 g/mol. The van der Waals surface area contributed by atoms with Crippen molar-refractivity contribution < 1.29 is 9.84 Å². The fourth-order valence-electron chi connectivity index (χ4n) is 2.67. The fourth-order valence-corrected chi connectivity index (χ4v) is 2.67. The van der Waals surface area contributed by atoms with E-state index in [-0.39, 0.29) is 5.88 Å². The number of imidazole rings is 1. The lowest BCUT2D eigenvalue weighted by molar-refractivity contribution is 0.308. The number of hydrogen-bond donors (Lipinski definition) is 1. The summed E-state index contributed by atoms with van der Waals surface area (Å²) in [6.07, 6.45) is 1.78. The lowest BCUT2D eigenvalue weighted by atomic mass is 10.2. The molecule has 2 aromatic carbocycles. The zero-order valence-corrected chi connectivity index (χ0v) is 13.0. The predicted molar refractivity (Wildman–Crippen MR) is 93.1 cm³/mol. The molecule has 0 fully saturated rings. The van der Waals surface area contributed by atoms with Crippen molar-refractivity contribution in [3.63, 3.8) is 0 Å². The summed E-state index contributed by atoms with van der Waals surface area (Å²) in [6.45, 7) is 0.453. The van der Waals surface area contributed by atoms with Crippen LogP contribution in [0.15, 0.2) is 79.0 Å². The first-order chi connectivity index (χ1) is 11.8. The molecule has 118 valence electrons. The number of pyridine rings is 1. The quantitative estimate of drug-likeness (QED) is 0.611. The molecule has 0 aliphatic carbocycles. The van der Waals surface area contributed by atoms with E-state index in [0.29, 0.717) is 23.7 Å². The molecule has 24 heavy (non-hydrogen) atoms. The Hall–Kier alpha value is -3.27. The molecular weight excluding hydrogens is 300 g/mol. The van der Waals surface area contributed by atoms with Crippen molar-refractivity contribution in [1.29, 1.82) is 0 Å². The second-order valence-electron chi connectivity index (χ2n) is 5.49. The summed E-state index contributed by atoms with van der Waals surface area (Å²) in [7, 11) is 0. The number of aromatic hydroxyl groups is 1. The van der Waals surface area contributed by atoms with Gasteiger partial charge in [0.1, 0.15) is 12.3 Å². The van der Waals surface area contributed by atoms with Gasteiger partial charge in [-0.1, -0.05) is 60.7 Å². The van der Waals surface area contributed by atoms with Crippen LogP contribution in [-0.2, 0) is 6.61 Å². The number of hydrogen-bond acceptors (Lipinski definition) is 3. The van der Waals surface area contributed by atoms with Crippen LogP contribution >= 0.6 is 0 Å². The Morgan fingerprint density at radius 3 is 2.33 bits per heavy atom. The number of rotatable bonds is 4. The minimum atomic E-state index is 0.112. The Bertz CT molecular complexity index is 963. The number of benzene rings is 2. The van der Waals surface area contributed by atoms with Gasteiger partial charge in [-0.2, -0.15) is 0 Å². The number of aromatic nitrogens is 2. The average Bonchev–Trinajstić information content (AvgIpc) is 2.99. The van der Waals surface area contributed by atoms with Gasteiger partial charge in [0.05, 0.1) is 0 Å². The van der Waals surface area contributed by atoms with Gasteiger partial charge in [-0.15, -0.1) is 0 Å². The Morgan fingerprint density at radius 1 is 0.875 bits per heavy atom. The normalized spacial score (nSPS) is 10.8.